The molecule has 0 aromatic carbocycles. The lowest BCUT2D eigenvalue weighted by molar-refractivity contribution is 0.288. The van der Waals surface area contributed by atoms with E-state index in [9.17, 15) is 0 Å². The zero-order valence-corrected chi connectivity index (χ0v) is 13.3. The van der Waals surface area contributed by atoms with Crippen LogP contribution in [0.25, 0.3) is 0 Å². The van der Waals surface area contributed by atoms with Crippen LogP contribution >= 0.6 is 12.2 Å². The second-order valence-corrected chi connectivity index (χ2v) is 5.99. The fourth-order valence-corrected chi connectivity index (χ4v) is 3.57. The number of hydrogen-bond acceptors (Lipinski definition) is 1. The van der Waals surface area contributed by atoms with Gasteiger partial charge in [-0.05, 0) is 37.3 Å². The zero-order chi connectivity index (χ0) is 14.6. The number of hydrogen-bond donors (Lipinski definition) is 0. The summed E-state index contributed by atoms with van der Waals surface area (Å²) in [7, 11) is 2.08. The number of rotatable bonds is 5. The van der Waals surface area contributed by atoms with E-state index in [2.05, 4.69) is 55.0 Å². The fraction of sp³-hybridized carbons (Fsp3) is 0.444. The van der Waals surface area contributed by atoms with Crippen molar-refractivity contribution < 1.29 is 0 Å². The maximum Gasteiger partial charge on any atom is 0.0643 e. The Balaban J connectivity index is 2.11. The summed E-state index contributed by atoms with van der Waals surface area (Å²) in [5.41, 5.74) is 5.29. The first-order valence-corrected chi connectivity index (χ1v) is 7.67. The highest BCUT2D eigenvalue weighted by Gasteiger charge is 2.63. The molecule has 0 aromatic heterocycles. The van der Waals surface area contributed by atoms with Crippen molar-refractivity contribution in [1.82, 2.24) is 4.90 Å². The van der Waals surface area contributed by atoms with Gasteiger partial charge in [0.15, 0.2) is 0 Å². The summed E-state index contributed by atoms with van der Waals surface area (Å²) < 4.78 is 0. The van der Waals surface area contributed by atoms with E-state index in [1.807, 2.05) is 25.2 Å². The van der Waals surface area contributed by atoms with E-state index in [-0.39, 0.29) is 5.41 Å². The molecular formula is C18H23NS. The van der Waals surface area contributed by atoms with Gasteiger partial charge in [-0.3, -0.25) is 0 Å². The Hall–Kier alpha value is -1.37. The molecule has 106 valence electrons. The van der Waals surface area contributed by atoms with Crippen molar-refractivity contribution in [2.45, 2.75) is 26.3 Å². The van der Waals surface area contributed by atoms with Crippen LogP contribution in [0.3, 0.4) is 0 Å². The van der Waals surface area contributed by atoms with Crippen LogP contribution in [0.2, 0.25) is 0 Å². The molecular weight excluding hydrogens is 262 g/mol. The molecule has 0 aromatic rings. The minimum atomic E-state index is 0.284. The highest BCUT2D eigenvalue weighted by Crippen LogP contribution is 2.64. The number of nitrogens with zero attached hydrogens (tertiary/aromatic N) is 1. The van der Waals surface area contributed by atoms with Gasteiger partial charge >= 0.3 is 0 Å². The van der Waals surface area contributed by atoms with Crippen molar-refractivity contribution in [1.29, 1.82) is 0 Å². The fourth-order valence-electron chi connectivity index (χ4n) is 3.43. The monoisotopic (exact) mass is 285 g/mol. The van der Waals surface area contributed by atoms with Crippen molar-refractivity contribution in [3.05, 3.63) is 54.3 Å². The largest absolute Gasteiger partial charge is 0.365 e. The van der Waals surface area contributed by atoms with Crippen molar-refractivity contribution in [2.75, 3.05) is 7.05 Å². The molecule has 1 nitrogen and oxygen atoms in total. The predicted molar refractivity (Wildman–Crippen MR) is 90.7 cm³/mol. The van der Waals surface area contributed by atoms with Gasteiger partial charge in [-0.2, -0.15) is 0 Å². The second kappa shape index (κ2) is 6.39. The first-order valence-electron chi connectivity index (χ1n) is 7.20. The zero-order valence-electron chi connectivity index (χ0n) is 12.5. The van der Waals surface area contributed by atoms with Crippen molar-refractivity contribution in [3.63, 3.8) is 0 Å². The molecule has 0 N–H and O–H groups in total. The lowest BCUT2D eigenvalue weighted by Crippen LogP contribution is -2.36. The smallest absolute Gasteiger partial charge is 0.0643 e. The third kappa shape index (κ3) is 2.72. The normalized spacial score (nSPS) is 34.0. The molecule has 1 fully saturated rings. The highest BCUT2D eigenvalue weighted by atomic mass is 32.1. The SMILES string of the molecule is C/C=C\C=C=CC[C@H]1C2C=CC=CC(N(C)C=S)C21C. The summed E-state index contributed by atoms with van der Waals surface area (Å²) >= 11 is 5.11. The van der Waals surface area contributed by atoms with Crippen LogP contribution < -0.4 is 0 Å². The lowest BCUT2D eigenvalue weighted by atomic mass is 9.92. The molecule has 0 saturated heterocycles. The van der Waals surface area contributed by atoms with Gasteiger partial charge < -0.3 is 4.90 Å². The van der Waals surface area contributed by atoms with E-state index in [1.54, 1.807) is 5.49 Å². The van der Waals surface area contributed by atoms with E-state index < -0.39 is 0 Å². The third-order valence-corrected chi connectivity index (χ3v) is 5.01. The lowest BCUT2D eigenvalue weighted by Gasteiger charge is -2.30. The Morgan fingerprint density at radius 1 is 1.35 bits per heavy atom. The summed E-state index contributed by atoms with van der Waals surface area (Å²) in [6.45, 7) is 4.40. The highest BCUT2D eigenvalue weighted by molar-refractivity contribution is 7.78. The number of likely N-dealkylation sites (N-methyl/N-ethyl adjacent to an activating group) is 1. The van der Waals surface area contributed by atoms with Crippen LogP contribution in [0.4, 0.5) is 0 Å². The van der Waals surface area contributed by atoms with Crippen molar-refractivity contribution in [3.8, 4) is 0 Å². The minimum Gasteiger partial charge on any atom is -0.365 e. The summed E-state index contributed by atoms with van der Waals surface area (Å²) in [6.07, 6.45) is 18.2. The average molecular weight is 285 g/mol. The van der Waals surface area contributed by atoms with E-state index in [4.69, 9.17) is 12.2 Å². The van der Waals surface area contributed by atoms with Gasteiger partial charge in [0.25, 0.3) is 0 Å². The Bertz CT molecular complexity index is 508. The third-order valence-electron chi connectivity index (χ3n) is 4.68. The van der Waals surface area contributed by atoms with Gasteiger partial charge in [0, 0.05) is 12.5 Å². The molecule has 2 rings (SSSR count). The molecule has 4 atom stereocenters. The topological polar surface area (TPSA) is 3.24 Å². The quantitative estimate of drug-likeness (QED) is 0.421. The summed E-state index contributed by atoms with van der Waals surface area (Å²) in [5, 5.41) is 0. The summed E-state index contributed by atoms with van der Waals surface area (Å²) in [5.74, 6) is 1.32. The molecule has 3 unspecified atom stereocenters. The molecule has 0 bridgehead atoms. The van der Waals surface area contributed by atoms with Crippen LogP contribution in [-0.2, 0) is 0 Å². The number of fused-ring (bicyclic) bond motifs is 1. The van der Waals surface area contributed by atoms with Gasteiger partial charge in [-0.25, -0.2) is 0 Å². The predicted octanol–water partition coefficient (Wildman–Crippen LogP) is 4.30. The number of thiocarbonyl (C=S) groups is 1. The average Bonchev–Trinajstić information content (AvgIpc) is 3.06. The maximum absolute atomic E-state index is 5.11. The van der Waals surface area contributed by atoms with E-state index in [1.165, 1.54) is 0 Å². The van der Waals surface area contributed by atoms with Crippen LogP contribution in [-0.4, -0.2) is 23.5 Å². The van der Waals surface area contributed by atoms with Crippen LogP contribution in [0.15, 0.2) is 54.3 Å². The Morgan fingerprint density at radius 3 is 2.80 bits per heavy atom. The molecule has 2 heteroatoms. The Morgan fingerprint density at radius 2 is 2.10 bits per heavy atom. The van der Waals surface area contributed by atoms with Gasteiger partial charge in [0.05, 0.1) is 11.5 Å². The van der Waals surface area contributed by atoms with Crippen LogP contribution in [0, 0.1) is 17.3 Å². The molecule has 2 aliphatic rings. The van der Waals surface area contributed by atoms with E-state index in [0.717, 1.165) is 6.42 Å². The van der Waals surface area contributed by atoms with Gasteiger partial charge in [0.2, 0.25) is 0 Å². The molecule has 0 amide bonds. The number of allylic oxidation sites excluding steroid dienone is 6. The molecule has 20 heavy (non-hydrogen) atoms. The standard InChI is InChI=1S/C18H23NS/c1-4-5-6-7-8-11-15-16-12-9-10-13-17(18(15,16)2)19(3)14-20/h4-6,8-10,12-17H,11H2,1-3H3/b5-4-/t7?,15-,16?,17?,18?/m0/s1. The maximum atomic E-state index is 5.11. The van der Waals surface area contributed by atoms with Gasteiger partial charge in [-0.1, -0.05) is 55.6 Å². The molecule has 1 saturated carbocycles. The molecule has 0 heterocycles. The molecule has 2 aliphatic carbocycles. The second-order valence-electron chi connectivity index (χ2n) is 5.78. The first-order chi connectivity index (χ1) is 9.66. The van der Waals surface area contributed by atoms with Gasteiger partial charge in [0.1, 0.15) is 0 Å². The Kier molecular flexibility index (Phi) is 4.80. The molecule has 0 radical (unpaired) electrons. The van der Waals surface area contributed by atoms with Crippen molar-refractivity contribution >= 4 is 17.7 Å². The summed E-state index contributed by atoms with van der Waals surface area (Å²) in [6, 6.07) is 0.387. The Labute approximate surface area is 128 Å². The molecule has 0 aliphatic heterocycles. The van der Waals surface area contributed by atoms with E-state index >= 15 is 0 Å². The summed E-state index contributed by atoms with van der Waals surface area (Å²) in [4.78, 5) is 2.16. The van der Waals surface area contributed by atoms with Crippen LogP contribution in [0.1, 0.15) is 20.3 Å². The van der Waals surface area contributed by atoms with Gasteiger partial charge in [-0.15, -0.1) is 5.73 Å². The van der Waals surface area contributed by atoms with E-state index in [0.29, 0.717) is 17.9 Å². The van der Waals surface area contributed by atoms with Crippen molar-refractivity contribution in [2.24, 2.45) is 17.3 Å². The molecule has 0 spiro atoms. The first kappa shape index (κ1) is 15.0. The van der Waals surface area contributed by atoms with Crippen LogP contribution in [0.5, 0.6) is 0 Å². The minimum absolute atomic E-state index is 0.284.